The summed E-state index contributed by atoms with van der Waals surface area (Å²) in [6.07, 6.45) is 3.42. The number of phenols is 7. The van der Waals surface area contributed by atoms with E-state index < -0.39 is 0 Å². The van der Waals surface area contributed by atoms with E-state index in [-0.39, 0.29) is 52.3 Å². The van der Waals surface area contributed by atoms with Crippen LogP contribution in [-0.2, 0) is 12.8 Å². The second kappa shape index (κ2) is 10.8. The Balaban J connectivity index is 0.000000348. The summed E-state index contributed by atoms with van der Waals surface area (Å²) in [6.45, 7) is 1.87. The van der Waals surface area contributed by atoms with E-state index in [1.54, 1.807) is 24.3 Å². The fraction of sp³-hybridized carbons (Fsp3) is 0.250. The number of fused-ring (bicyclic) bond motifs is 3. The van der Waals surface area contributed by atoms with Crippen molar-refractivity contribution in [2.24, 2.45) is 0 Å². The first-order valence-electron chi connectivity index (χ1n) is 13.2. The van der Waals surface area contributed by atoms with Gasteiger partial charge in [-0.05, 0) is 92.1 Å². The van der Waals surface area contributed by atoms with Crippen molar-refractivity contribution in [3.05, 3.63) is 94.0 Å². The topological polar surface area (TPSA) is 151 Å². The summed E-state index contributed by atoms with van der Waals surface area (Å²) in [4.78, 5) is 0. The van der Waals surface area contributed by atoms with Gasteiger partial charge in [0.1, 0.15) is 29.1 Å². The summed E-state index contributed by atoms with van der Waals surface area (Å²) >= 11 is 0. The molecule has 8 heteroatoms. The van der Waals surface area contributed by atoms with Gasteiger partial charge >= 0.3 is 0 Å². The molecule has 7 N–H and O–H groups in total. The Morgan fingerprint density at radius 1 is 0.650 bits per heavy atom. The molecule has 2 aliphatic rings. The molecule has 4 aromatic rings. The number of rotatable bonds is 2. The zero-order valence-electron chi connectivity index (χ0n) is 22.0. The Kier molecular flexibility index (Phi) is 7.26. The van der Waals surface area contributed by atoms with E-state index in [0.717, 1.165) is 52.6 Å². The van der Waals surface area contributed by atoms with E-state index in [0.29, 0.717) is 18.6 Å². The average molecular weight is 545 g/mol. The van der Waals surface area contributed by atoms with Gasteiger partial charge in [0.15, 0.2) is 23.0 Å². The second-order valence-electron chi connectivity index (χ2n) is 10.3. The van der Waals surface area contributed by atoms with Crippen LogP contribution in [0.2, 0.25) is 0 Å². The monoisotopic (exact) mass is 544 g/mol. The fourth-order valence-corrected chi connectivity index (χ4v) is 5.78. The molecule has 1 unspecified atom stereocenters. The van der Waals surface area contributed by atoms with Crippen molar-refractivity contribution >= 4 is 0 Å². The van der Waals surface area contributed by atoms with Gasteiger partial charge in [-0.25, -0.2) is 0 Å². The zero-order chi connectivity index (χ0) is 28.6. The van der Waals surface area contributed by atoms with Gasteiger partial charge in [-0.2, -0.15) is 0 Å². The van der Waals surface area contributed by atoms with Crippen LogP contribution in [0, 0.1) is 6.92 Å². The molecule has 6 rings (SSSR count). The molecule has 0 radical (unpaired) electrons. The van der Waals surface area contributed by atoms with Crippen molar-refractivity contribution in [3.8, 4) is 46.0 Å². The molecule has 0 spiro atoms. The molecule has 1 heterocycles. The quantitative estimate of drug-likeness (QED) is 0.148. The Labute approximate surface area is 231 Å². The van der Waals surface area contributed by atoms with Gasteiger partial charge in [-0.15, -0.1) is 0 Å². The lowest BCUT2D eigenvalue weighted by atomic mass is 9.75. The van der Waals surface area contributed by atoms with Gasteiger partial charge in [-0.1, -0.05) is 18.2 Å². The van der Waals surface area contributed by atoms with Crippen molar-refractivity contribution in [1.82, 2.24) is 0 Å². The molecule has 8 nitrogen and oxygen atoms in total. The Morgan fingerprint density at radius 3 is 2.00 bits per heavy atom. The van der Waals surface area contributed by atoms with Crippen LogP contribution in [-0.4, -0.2) is 35.7 Å². The van der Waals surface area contributed by atoms with Crippen LogP contribution in [0.1, 0.15) is 64.7 Å². The lowest BCUT2D eigenvalue weighted by Gasteiger charge is -2.35. The molecular weight excluding hydrogens is 512 g/mol. The van der Waals surface area contributed by atoms with Gasteiger partial charge < -0.3 is 40.5 Å². The number of ether oxygens (including phenoxy) is 1. The highest BCUT2D eigenvalue weighted by atomic mass is 16.5. The third kappa shape index (κ3) is 5.12. The minimum absolute atomic E-state index is 0.0240. The highest BCUT2D eigenvalue weighted by Crippen LogP contribution is 2.52. The van der Waals surface area contributed by atoms with Crippen LogP contribution in [0.25, 0.3) is 0 Å². The van der Waals surface area contributed by atoms with E-state index in [9.17, 15) is 25.5 Å². The van der Waals surface area contributed by atoms with Crippen molar-refractivity contribution < 1.29 is 40.5 Å². The lowest BCUT2D eigenvalue weighted by Crippen LogP contribution is -2.21. The molecule has 40 heavy (non-hydrogen) atoms. The molecule has 0 saturated carbocycles. The molecule has 0 saturated heterocycles. The Bertz CT molecular complexity index is 1520. The van der Waals surface area contributed by atoms with E-state index in [2.05, 4.69) is 0 Å². The van der Waals surface area contributed by atoms with Crippen molar-refractivity contribution in [2.45, 2.75) is 51.0 Å². The predicted octanol–water partition coefficient (Wildman–Crippen LogP) is 6.16. The van der Waals surface area contributed by atoms with Gasteiger partial charge in [-0.3, -0.25) is 0 Å². The average Bonchev–Trinajstić information content (AvgIpc) is 2.91. The summed E-state index contributed by atoms with van der Waals surface area (Å²) in [7, 11) is 0. The molecule has 208 valence electrons. The molecule has 1 aliphatic heterocycles. The van der Waals surface area contributed by atoms with Gasteiger partial charge in [0.05, 0.1) is 0 Å². The Morgan fingerprint density at radius 2 is 1.35 bits per heavy atom. The number of para-hydroxylation sites is 2. The van der Waals surface area contributed by atoms with E-state index in [1.165, 1.54) is 30.3 Å². The lowest BCUT2D eigenvalue weighted by molar-refractivity contribution is 0.170. The molecule has 0 fully saturated rings. The highest BCUT2D eigenvalue weighted by Gasteiger charge is 2.35. The number of hydrogen-bond donors (Lipinski definition) is 7. The maximum absolute atomic E-state index is 10.7. The molecule has 0 amide bonds. The summed E-state index contributed by atoms with van der Waals surface area (Å²) < 4.78 is 6.46. The number of benzene rings is 4. The molecule has 0 aromatic heterocycles. The van der Waals surface area contributed by atoms with Crippen molar-refractivity contribution in [2.75, 3.05) is 0 Å². The number of aryl methyl sites for hydroxylation is 2. The second-order valence-corrected chi connectivity index (χ2v) is 10.3. The molecule has 2 atom stereocenters. The number of hydrogen-bond acceptors (Lipinski definition) is 8. The predicted molar refractivity (Wildman–Crippen MR) is 149 cm³/mol. The number of aromatic hydroxyl groups is 7. The molecule has 1 aliphatic carbocycles. The summed E-state index contributed by atoms with van der Waals surface area (Å²) in [5.41, 5.74) is 5.05. The van der Waals surface area contributed by atoms with Crippen molar-refractivity contribution in [1.29, 1.82) is 0 Å². The maximum atomic E-state index is 10.7. The third-order valence-corrected chi connectivity index (χ3v) is 7.64. The van der Waals surface area contributed by atoms with Crippen LogP contribution >= 0.6 is 0 Å². The third-order valence-electron chi connectivity index (χ3n) is 7.64. The summed E-state index contributed by atoms with van der Waals surface area (Å²) in [5, 5.41) is 68.2. The standard InChI is InChI=1S/C26H26O6.C6H6O2/c1-13-9-16(27)12-22(31)24(13)18-4-2-3-15-11-20(29)17-6-8-23(32-26(17)25(15)18)14-5-7-19(28)21(30)10-14;7-5-3-1-2-4-6(5)8/h5,7,9-12,18,23,27-31H,2-4,6,8H2,1H3;1-4,7-8H/t18-,23?;/m1./s1. The van der Waals surface area contributed by atoms with E-state index >= 15 is 0 Å². The summed E-state index contributed by atoms with van der Waals surface area (Å²) in [5.74, 6) is 0.281. The minimum Gasteiger partial charge on any atom is -0.508 e. The summed E-state index contributed by atoms with van der Waals surface area (Å²) in [6, 6.07) is 15.7. The normalized spacial score (nSPS) is 17.5. The minimum atomic E-state index is -0.336. The van der Waals surface area contributed by atoms with Crippen LogP contribution < -0.4 is 4.74 Å². The van der Waals surface area contributed by atoms with Crippen LogP contribution in [0.4, 0.5) is 0 Å². The first-order chi connectivity index (χ1) is 19.1. The fourth-order valence-electron chi connectivity index (χ4n) is 5.78. The zero-order valence-corrected chi connectivity index (χ0v) is 22.0. The SMILES string of the molecule is Cc1cc(O)cc(O)c1[C@H]1CCCc2cc(O)c3c(c21)OC(c1ccc(O)c(O)c1)CC3.Oc1ccccc1O. The largest absolute Gasteiger partial charge is 0.508 e. The van der Waals surface area contributed by atoms with Crippen LogP contribution in [0.15, 0.2) is 60.7 Å². The first kappa shape index (κ1) is 26.9. The van der Waals surface area contributed by atoms with Gasteiger partial charge in [0, 0.05) is 28.7 Å². The molecule has 4 aromatic carbocycles. The van der Waals surface area contributed by atoms with E-state index in [1.807, 2.05) is 13.0 Å². The van der Waals surface area contributed by atoms with Crippen LogP contribution in [0.3, 0.4) is 0 Å². The van der Waals surface area contributed by atoms with Gasteiger partial charge in [0.25, 0.3) is 0 Å². The van der Waals surface area contributed by atoms with Crippen LogP contribution in [0.5, 0.6) is 46.0 Å². The smallest absolute Gasteiger partial charge is 0.157 e. The first-order valence-corrected chi connectivity index (χ1v) is 13.2. The number of phenolic OH excluding ortho intramolecular Hbond substituents is 7. The molecular formula is C32H32O8. The van der Waals surface area contributed by atoms with Crippen molar-refractivity contribution in [3.63, 3.8) is 0 Å². The maximum Gasteiger partial charge on any atom is 0.157 e. The van der Waals surface area contributed by atoms with Gasteiger partial charge in [0.2, 0.25) is 0 Å². The highest BCUT2D eigenvalue weighted by molar-refractivity contribution is 5.61. The Hall–Kier alpha value is -4.72. The van der Waals surface area contributed by atoms with E-state index in [4.69, 9.17) is 14.9 Å². The molecule has 0 bridgehead atoms.